The molecule has 2 aliphatic rings. The van der Waals surface area contributed by atoms with Crippen LogP contribution < -0.4 is 5.32 Å². The molecule has 1 aromatic carbocycles. The smallest absolute Gasteiger partial charge is 0.157 e. The summed E-state index contributed by atoms with van der Waals surface area (Å²) in [5.41, 5.74) is 0.794. The van der Waals surface area contributed by atoms with Crippen LogP contribution in [0.2, 0.25) is 0 Å². The highest BCUT2D eigenvalue weighted by molar-refractivity contribution is 8.14. The van der Waals surface area contributed by atoms with Crippen molar-refractivity contribution in [3.63, 3.8) is 0 Å². The third-order valence-electron chi connectivity index (χ3n) is 3.66. The Bertz CT molecular complexity index is 486. The number of thioether (sulfide) groups is 1. The van der Waals surface area contributed by atoms with Crippen LogP contribution >= 0.6 is 11.8 Å². The van der Waals surface area contributed by atoms with E-state index >= 15 is 0 Å². The quantitative estimate of drug-likeness (QED) is 0.904. The number of benzene rings is 1. The van der Waals surface area contributed by atoms with Crippen molar-refractivity contribution in [2.24, 2.45) is 4.99 Å². The second-order valence-corrected chi connectivity index (χ2v) is 5.98. The Morgan fingerprint density at radius 2 is 2.11 bits per heavy atom. The lowest BCUT2D eigenvalue weighted by molar-refractivity contribution is 0.0555. The molecule has 5 heteroatoms. The van der Waals surface area contributed by atoms with Gasteiger partial charge in [0.15, 0.2) is 5.17 Å². The number of halogens is 1. The maximum Gasteiger partial charge on any atom is 0.157 e. The molecule has 1 spiro atoms. The predicted molar refractivity (Wildman–Crippen MR) is 75.9 cm³/mol. The van der Waals surface area contributed by atoms with Crippen molar-refractivity contribution >= 4 is 16.9 Å². The molecule has 2 aliphatic heterocycles. The van der Waals surface area contributed by atoms with E-state index in [1.165, 1.54) is 6.07 Å². The van der Waals surface area contributed by atoms with Gasteiger partial charge in [-0.1, -0.05) is 30.0 Å². The fourth-order valence-corrected chi connectivity index (χ4v) is 3.62. The van der Waals surface area contributed by atoms with Crippen LogP contribution in [0.3, 0.4) is 0 Å². The molecule has 0 aromatic heterocycles. The van der Waals surface area contributed by atoms with Gasteiger partial charge in [0, 0.05) is 24.5 Å². The summed E-state index contributed by atoms with van der Waals surface area (Å²) in [6, 6.07) is 6.80. The molecule has 0 saturated carbocycles. The first kappa shape index (κ1) is 12.9. The van der Waals surface area contributed by atoms with Crippen molar-refractivity contribution in [2.45, 2.75) is 24.9 Å². The van der Waals surface area contributed by atoms with Crippen LogP contribution in [0.15, 0.2) is 29.3 Å². The first-order valence-electron chi connectivity index (χ1n) is 6.54. The third kappa shape index (κ3) is 2.92. The molecule has 0 radical (unpaired) electrons. The van der Waals surface area contributed by atoms with Gasteiger partial charge in [0.25, 0.3) is 0 Å². The van der Waals surface area contributed by atoms with Gasteiger partial charge < -0.3 is 10.1 Å². The van der Waals surface area contributed by atoms with Gasteiger partial charge >= 0.3 is 0 Å². The first-order valence-corrected chi connectivity index (χ1v) is 7.53. The van der Waals surface area contributed by atoms with Gasteiger partial charge in [0.2, 0.25) is 0 Å². The van der Waals surface area contributed by atoms with E-state index in [2.05, 4.69) is 10.3 Å². The van der Waals surface area contributed by atoms with Crippen LogP contribution in [0.1, 0.15) is 18.4 Å². The van der Waals surface area contributed by atoms with E-state index in [0.717, 1.165) is 37.0 Å². The van der Waals surface area contributed by atoms with E-state index < -0.39 is 0 Å². The lowest BCUT2D eigenvalue weighted by atomic mass is 9.93. The van der Waals surface area contributed by atoms with Crippen molar-refractivity contribution < 1.29 is 9.13 Å². The number of ether oxygens (including phenoxy) is 1. The molecule has 0 amide bonds. The highest BCUT2D eigenvalue weighted by atomic mass is 32.2. The number of hydrogen-bond acceptors (Lipinski definition) is 3. The number of hydrogen-bond donors (Lipinski definition) is 1. The molecular formula is C14H17FN2OS. The molecule has 3 rings (SSSR count). The Kier molecular flexibility index (Phi) is 3.75. The second kappa shape index (κ2) is 5.51. The number of nitrogens with zero attached hydrogens (tertiary/aromatic N) is 1. The average Bonchev–Trinajstić information content (AvgIpc) is 2.82. The standard InChI is InChI=1S/C14H17FN2OS/c15-12-4-2-1-3-11(12)9-16-13-17-14(10-19-13)5-7-18-8-6-14/h1-4H,5-10H2,(H,16,17). The molecule has 3 nitrogen and oxygen atoms in total. The number of amidine groups is 1. The van der Waals surface area contributed by atoms with Crippen LogP contribution in [0, 0.1) is 5.82 Å². The topological polar surface area (TPSA) is 33.6 Å². The molecule has 0 atom stereocenters. The molecule has 0 bridgehead atoms. The van der Waals surface area contributed by atoms with Gasteiger partial charge in [-0.25, -0.2) is 4.39 Å². The normalized spacial score (nSPS) is 23.7. The summed E-state index contributed by atoms with van der Waals surface area (Å²) in [4.78, 5) is 4.49. The van der Waals surface area contributed by atoms with Gasteiger partial charge in [-0.15, -0.1) is 0 Å². The minimum atomic E-state index is -0.185. The Morgan fingerprint density at radius 3 is 2.89 bits per heavy atom. The van der Waals surface area contributed by atoms with E-state index in [1.54, 1.807) is 23.9 Å². The fraction of sp³-hybridized carbons (Fsp3) is 0.500. The Balaban J connectivity index is 1.64. The average molecular weight is 280 g/mol. The SMILES string of the molecule is Fc1ccccc1CN=C1NC2(CCOCC2)CS1. The Morgan fingerprint density at radius 1 is 1.32 bits per heavy atom. The van der Waals surface area contributed by atoms with Crippen molar-refractivity contribution in [1.82, 2.24) is 5.32 Å². The summed E-state index contributed by atoms with van der Waals surface area (Å²) in [5.74, 6) is 0.850. The van der Waals surface area contributed by atoms with Gasteiger partial charge in [0.1, 0.15) is 5.82 Å². The van der Waals surface area contributed by atoms with Crippen LogP contribution in [-0.4, -0.2) is 29.7 Å². The molecule has 2 fully saturated rings. The second-order valence-electron chi connectivity index (χ2n) is 5.02. The lowest BCUT2D eigenvalue weighted by Crippen LogP contribution is -2.48. The minimum absolute atomic E-state index is 0.150. The van der Waals surface area contributed by atoms with Crippen LogP contribution in [-0.2, 0) is 11.3 Å². The predicted octanol–water partition coefficient (Wildman–Crippen LogP) is 2.57. The van der Waals surface area contributed by atoms with Gasteiger partial charge in [0.05, 0.1) is 12.1 Å². The third-order valence-corrected chi connectivity index (χ3v) is 4.86. The summed E-state index contributed by atoms with van der Waals surface area (Å²) >= 11 is 1.73. The summed E-state index contributed by atoms with van der Waals surface area (Å²) in [7, 11) is 0. The molecule has 0 aliphatic carbocycles. The van der Waals surface area contributed by atoms with E-state index in [1.807, 2.05) is 6.07 Å². The van der Waals surface area contributed by atoms with Crippen LogP contribution in [0.25, 0.3) is 0 Å². The zero-order valence-electron chi connectivity index (χ0n) is 10.7. The zero-order chi connectivity index (χ0) is 13.1. The highest BCUT2D eigenvalue weighted by Gasteiger charge is 2.38. The largest absolute Gasteiger partial charge is 0.381 e. The summed E-state index contributed by atoms with van der Waals surface area (Å²) in [5, 5.41) is 4.44. The van der Waals surface area contributed by atoms with Gasteiger partial charge in [-0.05, 0) is 18.9 Å². The Labute approximate surface area is 116 Å². The van der Waals surface area contributed by atoms with Crippen molar-refractivity contribution in [3.8, 4) is 0 Å². The molecule has 19 heavy (non-hydrogen) atoms. The number of aliphatic imine (C=N–C) groups is 1. The monoisotopic (exact) mass is 280 g/mol. The highest BCUT2D eigenvalue weighted by Crippen LogP contribution is 2.31. The lowest BCUT2D eigenvalue weighted by Gasteiger charge is -2.32. The number of rotatable bonds is 2. The summed E-state index contributed by atoms with van der Waals surface area (Å²) in [6.07, 6.45) is 2.05. The van der Waals surface area contributed by atoms with Crippen LogP contribution in [0.4, 0.5) is 4.39 Å². The molecule has 102 valence electrons. The van der Waals surface area contributed by atoms with Gasteiger partial charge in [-0.2, -0.15) is 0 Å². The van der Waals surface area contributed by atoms with Crippen molar-refractivity contribution in [3.05, 3.63) is 35.6 Å². The van der Waals surface area contributed by atoms with E-state index in [4.69, 9.17) is 4.74 Å². The Hall–Kier alpha value is -1.07. The molecular weight excluding hydrogens is 263 g/mol. The van der Waals surface area contributed by atoms with Crippen molar-refractivity contribution in [2.75, 3.05) is 19.0 Å². The molecule has 2 heterocycles. The van der Waals surface area contributed by atoms with E-state index in [0.29, 0.717) is 12.1 Å². The maximum atomic E-state index is 13.5. The van der Waals surface area contributed by atoms with E-state index in [9.17, 15) is 4.39 Å². The zero-order valence-corrected chi connectivity index (χ0v) is 11.5. The minimum Gasteiger partial charge on any atom is -0.381 e. The molecule has 2 saturated heterocycles. The molecule has 1 N–H and O–H groups in total. The summed E-state index contributed by atoms with van der Waals surface area (Å²) in [6.45, 7) is 2.02. The van der Waals surface area contributed by atoms with Gasteiger partial charge in [-0.3, -0.25) is 4.99 Å². The summed E-state index contributed by atoms with van der Waals surface area (Å²) < 4.78 is 18.9. The molecule has 0 unspecified atom stereocenters. The fourth-order valence-electron chi connectivity index (χ4n) is 2.41. The first-order chi connectivity index (χ1) is 9.27. The number of nitrogens with one attached hydrogen (secondary N) is 1. The van der Waals surface area contributed by atoms with Crippen molar-refractivity contribution in [1.29, 1.82) is 0 Å². The molecule has 1 aromatic rings. The maximum absolute atomic E-state index is 13.5. The van der Waals surface area contributed by atoms with Crippen LogP contribution in [0.5, 0.6) is 0 Å². The van der Waals surface area contributed by atoms with E-state index in [-0.39, 0.29) is 11.4 Å².